The number of anilines is 1. The highest BCUT2D eigenvalue weighted by Crippen LogP contribution is 2.32. The highest BCUT2D eigenvalue weighted by atomic mass is 32.2. The molecule has 1 aromatic carbocycles. The van der Waals surface area contributed by atoms with Gasteiger partial charge in [0, 0.05) is 10.6 Å². The van der Waals surface area contributed by atoms with Crippen LogP contribution in [0.15, 0.2) is 34.2 Å². The molecule has 92 valence electrons. The fourth-order valence-electron chi connectivity index (χ4n) is 1.64. The van der Waals surface area contributed by atoms with Crippen molar-refractivity contribution in [2.24, 2.45) is 4.99 Å². The largest absolute Gasteiger partial charge is 0.334 e. The van der Waals surface area contributed by atoms with E-state index in [0.717, 1.165) is 23.0 Å². The maximum atomic E-state index is 4.77. The molecule has 1 atom stereocenters. The predicted molar refractivity (Wildman–Crippen MR) is 80.4 cm³/mol. The van der Waals surface area contributed by atoms with E-state index in [1.54, 1.807) is 11.8 Å². The summed E-state index contributed by atoms with van der Waals surface area (Å²) in [5.74, 6) is 1.08. The van der Waals surface area contributed by atoms with Crippen LogP contribution in [0.1, 0.15) is 20.3 Å². The highest BCUT2D eigenvalue weighted by Gasteiger charge is 2.28. The van der Waals surface area contributed by atoms with E-state index in [9.17, 15) is 0 Å². The van der Waals surface area contributed by atoms with Crippen LogP contribution >= 0.6 is 23.5 Å². The monoisotopic (exact) mass is 266 g/mol. The lowest BCUT2D eigenvalue weighted by molar-refractivity contribution is 0.523. The Morgan fingerprint density at radius 2 is 2.24 bits per heavy atom. The van der Waals surface area contributed by atoms with E-state index in [-0.39, 0.29) is 5.54 Å². The number of thioether (sulfide) groups is 2. The summed E-state index contributed by atoms with van der Waals surface area (Å²) in [5.41, 5.74) is 1.27. The minimum atomic E-state index is 0.112. The lowest BCUT2D eigenvalue weighted by atomic mass is 10.0. The van der Waals surface area contributed by atoms with Gasteiger partial charge in [0.1, 0.15) is 0 Å². The number of nitrogens with one attached hydrogen (secondary N) is 1. The Morgan fingerprint density at radius 3 is 2.88 bits per heavy atom. The van der Waals surface area contributed by atoms with E-state index in [0.29, 0.717) is 0 Å². The van der Waals surface area contributed by atoms with Gasteiger partial charge in [-0.05, 0) is 31.7 Å². The van der Waals surface area contributed by atoms with E-state index in [1.165, 1.54) is 4.90 Å². The van der Waals surface area contributed by atoms with Gasteiger partial charge < -0.3 is 5.32 Å². The van der Waals surface area contributed by atoms with E-state index in [1.807, 2.05) is 11.8 Å². The zero-order valence-corrected chi connectivity index (χ0v) is 12.1. The number of rotatable bonds is 3. The van der Waals surface area contributed by atoms with Gasteiger partial charge in [-0.2, -0.15) is 0 Å². The van der Waals surface area contributed by atoms with Crippen LogP contribution in [0.5, 0.6) is 0 Å². The second-order valence-electron chi connectivity index (χ2n) is 4.38. The average Bonchev–Trinajstić information content (AvgIpc) is 2.73. The molecule has 0 spiro atoms. The summed E-state index contributed by atoms with van der Waals surface area (Å²) < 4.78 is 0. The molecule has 1 heterocycles. The van der Waals surface area contributed by atoms with Gasteiger partial charge in [0.15, 0.2) is 5.17 Å². The molecule has 0 bridgehead atoms. The summed E-state index contributed by atoms with van der Waals surface area (Å²) >= 11 is 3.58. The second-order valence-corrected chi connectivity index (χ2v) is 6.19. The molecule has 0 saturated heterocycles. The molecule has 1 aliphatic heterocycles. The maximum absolute atomic E-state index is 4.77. The number of hydrogen-bond donors (Lipinski definition) is 1. The molecular weight excluding hydrogens is 248 g/mol. The quantitative estimate of drug-likeness (QED) is 0.834. The van der Waals surface area contributed by atoms with Gasteiger partial charge in [-0.15, -0.1) is 11.8 Å². The number of amidine groups is 1. The van der Waals surface area contributed by atoms with Crippen LogP contribution in [-0.4, -0.2) is 22.7 Å². The number of para-hydroxylation sites is 1. The van der Waals surface area contributed by atoms with Crippen molar-refractivity contribution >= 4 is 34.4 Å². The Balaban J connectivity index is 2.14. The maximum Gasteiger partial charge on any atom is 0.161 e. The molecule has 0 aromatic heterocycles. The van der Waals surface area contributed by atoms with E-state index in [2.05, 4.69) is 49.7 Å². The van der Waals surface area contributed by atoms with Crippen LogP contribution in [0, 0.1) is 0 Å². The molecule has 0 amide bonds. The van der Waals surface area contributed by atoms with Crippen molar-refractivity contribution in [1.29, 1.82) is 0 Å². The van der Waals surface area contributed by atoms with Crippen molar-refractivity contribution in [3.05, 3.63) is 24.3 Å². The number of aliphatic imine (C=N–C) groups is 1. The normalized spacial score (nSPS) is 23.6. The third kappa shape index (κ3) is 2.99. The molecule has 2 nitrogen and oxygen atoms in total. The third-order valence-corrected chi connectivity index (χ3v) is 5.03. The number of benzene rings is 1. The van der Waals surface area contributed by atoms with Crippen LogP contribution < -0.4 is 5.32 Å². The molecule has 1 aliphatic rings. The summed E-state index contributed by atoms with van der Waals surface area (Å²) in [5, 5.41) is 4.49. The lowest BCUT2D eigenvalue weighted by Gasteiger charge is -2.15. The second kappa shape index (κ2) is 5.36. The van der Waals surface area contributed by atoms with Crippen molar-refractivity contribution in [1.82, 2.24) is 0 Å². The van der Waals surface area contributed by atoms with E-state index in [4.69, 9.17) is 4.99 Å². The molecule has 0 saturated carbocycles. The molecular formula is C13H18N2S2. The molecule has 1 N–H and O–H groups in total. The van der Waals surface area contributed by atoms with Crippen LogP contribution in [0.25, 0.3) is 0 Å². The van der Waals surface area contributed by atoms with Crippen molar-refractivity contribution in [3.8, 4) is 0 Å². The smallest absolute Gasteiger partial charge is 0.161 e. The number of nitrogens with zero attached hydrogens (tertiary/aromatic N) is 1. The Hall–Kier alpha value is -0.610. The van der Waals surface area contributed by atoms with Gasteiger partial charge in [-0.3, -0.25) is 4.99 Å². The fourth-order valence-corrected chi connectivity index (χ4v) is 3.38. The van der Waals surface area contributed by atoms with Crippen LogP contribution in [0.3, 0.4) is 0 Å². The first-order valence-electron chi connectivity index (χ1n) is 5.79. The fraction of sp³-hybridized carbons (Fsp3) is 0.462. The van der Waals surface area contributed by atoms with Crippen LogP contribution in [0.4, 0.5) is 5.69 Å². The van der Waals surface area contributed by atoms with Gasteiger partial charge in [-0.1, -0.05) is 30.8 Å². The van der Waals surface area contributed by atoms with Crippen molar-refractivity contribution < 1.29 is 0 Å². The topological polar surface area (TPSA) is 24.4 Å². The Bertz CT molecular complexity index is 431. The summed E-state index contributed by atoms with van der Waals surface area (Å²) in [6, 6.07) is 8.36. The summed E-state index contributed by atoms with van der Waals surface area (Å²) in [6.07, 6.45) is 3.19. The first-order valence-corrected chi connectivity index (χ1v) is 8.00. The first-order chi connectivity index (χ1) is 8.17. The van der Waals surface area contributed by atoms with Gasteiger partial charge in [0.25, 0.3) is 0 Å². The lowest BCUT2D eigenvalue weighted by Crippen LogP contribution is -2.20. The van der Waals surface area contributed by atoms with E-state index < -0.39 is 0 Å². The first kappa shape index (κ1) is 12.8. The molecule has 0 radical (unpaired) electrons. The molecule has 0 fully saturated rings. The SMILES string of the molecule is CCC1(C)CSC(Nc2ccccc2SC)=N1. The van der Waals surface area contributed by atoms with Gasteiger partial charge in [-0.25, -0.2) is 0 Å². The van der Waals surface area contributed by atoms with Gasteiger partial charge in [0.2, 0.25) is 0 Å². The Morgan fingerprint density at radius 1 is 1.47 bits per heavy atom. The molecule has 4 heteroatoms. The Kier molecular flexibility index (Phi) is 4.05. The third-order valence-electron chi connectivity index (χ3n) is 3.00. The van der Waals surface area contributed by atoms with Crippen molar-refractivity contribution in [2.75, 3.05) is 17.3 Å². The molecule has 1 unspecified atom stereocenters. The van der Waals surface area contributed by atoms with Crippen molar-refractivity contribution in [2.45, 2.75) is 30.7 Å². The Labute approximate surface area is 112 Å². The van der Waals surface area contributed by atoms with Gasteiger partial charge in [0.05, 0.1) is 11.2 Å². The minimum Gasteiger partial charge on any atom is -0.334 e. The molecule has 2 rings (SSSR count). The zero-order valence-electron chi connectivity index (χ0n) is 10.5. The average molecular weight is 266 g/mol. The number of hydrogen-bond acceptors (Lipinski definition) is 4. The highest BCUT2D eigenvalue weighted by molar-refractivity contribution is 8.14. The predicted octanol–water partition coefficient (Wildman–Crippen LogP) is 4.09. The molecule has 1 aromatic rings. The molecule has 17 heavy (non-hydrogen) atoms. The standard InChI is InChI=1S/C13H18N2S2/c1-4-13(2)9-17-12(15-13)14-10-7-5-6-8-11(10)16-3/h5-8H,4,9H2,1-3H3,(H,14,15). The summed E-state index contributed by atoms with van der Waals surface area (Å²) in [7, 11) is 0. The minimum absolute atomic E-state index is 0.112. The molecule has 0 aliphatic carbocycles. The van der Waals surface area contributed by atoms with E-state index >= 15 is 0 Å². The van der Waals surface area contributed by atoms with Crippen LogP contribution in [0.2, 0.25) is 0 Å². The summed E-state index contributed by atoms with van der Waals surface area (Å²) in [6.45, 7) is 4.41. The zero-order chi connectivity index (χ0) is 12.3. The van der Waals surface area contributed by atoms with Crippen LogP contribution in [-0.2, 0) is 0 Å². The van der Waals surface area contributed by atoms with Gasteiger partial charge >= 0.3 is 0 Å². The summed E-state index contributed by atoms with van der Waals surface area (Å²) in [4.78, 5) is 6.03. The van der Waals surface area contributed by atoms with Crippen molar-refractivity contribution in [3.63, 3.8) is 0 Å².